The Morgan fingerprint density at radius 1 is 1.16 bits per heavy atom. The molecule has 0 aliphatic carbocycles. The zero-order chi connectivity index (χ0) is 12.5. The van der Waals surface area contributed by atoms with Crippen molar-refractivity contribution >= 4 is 24.0 Å². The second-order valence-electron chi connectivity index (χ2n) is 4.70. The third-order valence-electron chi connectivity index (χ3n) is 3.62. The normalized spacial score (nSPS) is 19.9. The zero-order valence-electron chi connectivity index (χ0n) is 10.4. The van der Waals surface area contributed by atoms with E-state index in [-0.39, 0.29) is 25.2 Å². The lowest BCUT2D eigenvalue weighted by molar-refractivity contribution is 0.0583. The van der Waals surface area contributed by atoms with Crippen LogP contribution in [-0.4, -0.2) is 20.0 Å². The molecule has 3 rings (SSSR count). The van der Waals surface area contributed by atoms with Crippen molar-refractivity contribution in [2.45, 2.75) is 18.9 Å². The molecule has 1 saturated heterocycles. The molecule has 2 aliphatic heterocycles. The molecule has 2 heterocycles. The van der Waals surface area contributed by atoms with Crippen molar-refractivity contribution in [2.75, 3.05) is 20.0 Å². The number of hydrogen-bond acceptors (Lipinski definition) is 4. The monoisotopic (exact) mass is 305 g/mol. The summed E-state index contributed by atoms with van der Waals surface area (Å²) in [6, 6.07) is 3.62. The summed E-state index contributed by atoms with van der Waals surface area (Å²) in [6.07, 6.45) is 1.96. The summed E-state index contributed by atoms with van der Waals surface area (Å²) in [5.74, 6) is 1.84. The Balaban J connectivity index is 0.00000133. The van der Waals surface area contributed by atoms with Crippen LogP contribution in [0.4, 0.5) is 0 Å². The number of hydrogen-bond donors (Lipinski definition) is 1. The van der Waals surface area contributed by atoms with Gasteiger partial charge in [-0.3, -0.25) is 0 Å². The minimum atomic E-state index is -0.0732. The molecule has 0 bridgehead atoms. The Kier molecular flexibility index (Phi) is 4.79. The molecule has 1 atom stereocenters. The lowest BCUT2D eigenvalue weighted by Crippen LogP contribution is -2.27. The van der Waals surface area contributed by atoms with Crippen LogP contribution < -0.4 is 15.2 Å². The van der Waals surface area contributed by atoms with Crippen LogP contribution in [0.2, 0.25) is 5.02 Å². The molecule has 0 saturated carbocycles. The second kappa shape index (κ2) is 6.18. The Hall–Kier alpha value is -0.680. The van der Waals surface area contributed by atoms with Gasteiger partial charge in [0.25, 0.3) is 0 Å². The van der Waals surface area contributed by atoms with Gasteiger partial charge in [-0.25, -0.2) is 0 Å². The highest BCUT2D eigenvalue weighted by Crippen LogP contribution is 2.41. The molecule has 0 aromatic heterocycles. The van der Waals surface area contributed by atoms with Gasteiger partial charge in [-0.15, -0.1) is 12.4 Å². The molecule has 0 radical (unpaired) electrons. The third kappa shape index (κ3) is 2.92. The number of nitrogens with two attached hydrogens (primary N) is 1. The van der Waals surface area contributed by atoms with Gasteiger partial charge in [0, 0.05) is 30.3 Å². The molecule has 2 N–H and O–H groups in total. The fourth-order valence-electron chi connectivity index (χ4n) is 2.52. The van der Waals surface area contributed by atoms with Gasteiger partial charge < -0.3 is 19.9 Å². The van der Waals surface area contributed by atoms with Crippen LogP contribution >= 0.6 is 24.0 Å². The average molecular weight is 306 g/mol. The molecule has 0 amide bonds. The van der Waals surface area contributed by atoms with E-state index in [0.29, 0.717) is 16.7 Å². The number of benzene rings is 1. The van der Waals surface area contributed by atoms with Crippen LogP contribution in [-0.2, 0) is 4.74 Å². The van der Waals surface area contributed by atoms with E-state index >= 15 is 0 Å². The highest BCUT2D eigenvalue weighted by Gasteiger charge is 2.26. The minimum Gasteiger partial charge on any atom is -0.454 e. The fourth-order valence-corrected chi connectivity index (χ4v) is 2.80. The molecular formula is C13H17Cl2NO3. The van der Waals surface area contributed by atoms with E-state index < -0.39 is 0 Å². The maximum atomic E-state index is 6.33. The van der Waals surface area contributed by atoms with Gasteiger partial charge in [-0.05, 0) is 30.4 Å². The van der Waals surface area contributed by atoms with Gasteiger partial charge >= 0.3 is 0 Å². The minimum absolute atomic E-state index is 0. The lowest BCUT2D eigenvalue weighted by Gasteiger charge is -2.28. The van der Waals surface area contributed by atoms with E-state index in [9.17, 15) is 0 Å². The van der Waals surface area contributed by atoms with E-state index in [1.807, 2.05) is 6.07 Å². The zero-order valence-corrected chi connectivity index (χ0v) is 12.0. The molecule has 6 heteroatoms. The Morgan fingerprint density at radius 3 is 2.47 bits per heavy atom. The summed E-state index contributed by atoms with van der Waals surface area (Å²) in [4.78, 5) is 0. The average Bonchev–Trinajstić information content (AvgIpc) is 2.85. The highest BCUT2D eigenvalue weighted by atomic mass is 35.5. The summed E-state index contributed by atoms with van der Waals surface area (Å²) in [6.45, 7) is 1.81. The highest BCUT2D eigenvalue weighted by molar-refractivity contribution is 6.31. The molecule has 0 unspecified atom stereocenters. The van der Waals surface area contributed by atoms with Crippen LogP contribution in [0.15, 0.2) is 12.1 Å². The number of halogens is 2. The van der Waals surface area contributed by atoms with Crippen LogP contribution in [0.5, 0.6) is 11.5 Å². The van der Waals surface area contributed by atoms with E-state index in [4.69, 9.17) is 31.5 Å². The summed E-state index contributed by atoms with van der Waals surface area (Å²) < 4.78 is 16.0. The predicted octanol–water partition coefficient (Wildman–Crippen LogP) is 2.92. The van der Waals surface area contributed by atoms with Crippen molar-refractivity contribution in [1.29, 1.82) is 0 Å². The summed E-state index contributed by atoms with van der Waals surface area (Å²) in [5, 5.41) is 0.651. The van der Waals surface area contributed by atoms with Crippen molar-refractivity contribution in [2.24, 2.45) is 11.7 Å². The first kappa shape index (κ1) is 14.7. The Bertz CT molecular complexity index is 450. The van der Waals surface area contributed by atoms with Crippen LogP contribution in [0.3, 0.4) is 0 Å². The van der Waals surface area contributed by atoms with Crippen LogP contribution in [0.25, 0.3) is 0 Å². The number of fused-ring (bicyclic) bond motifs is 1. The fraction of sp³-hybridized carbons (Fsp3) is 0.538. The van der Waals surface area contributed by atoms with Gasteiger partial charge in [0.15, 0.2) is 11.5 Å². The number of ether oxygens (including phenoxy) is 3. The molecule has 19 heavy (non-hydrogen) atoms. The van der Waals surface area contributed by atoms with Gasteiger partial charge in [0.2, 0.25) is 6.79 Å². The van der Waals surface area contributed by atoms with E-state index in [2.05, 4.69) is 0 Å². The third-order valence-corrected chi connectivity index (χ3v) is 3.95. The smallest absolute Gasteiger partial charge is 0.231 e. The molecule has 1 aromatic carbocycles. The topological polar surface area (TPSA) is 53.7 Å². The quantitative estimate of drug-likeness (QED) is 0.913. The summed E-state index contributed by atoms with van der Waals surface area (Å²) in [5.41, 5.74) is 7.27. The van der Waals surface area contributed by atoms with Crippen molar-refractivity contribution in [1.82, 2.24) is 0 Å². The van der Waals surface area contributed by atoms with Gasteiger partial charge in [-0.2, -0.15) is 0 Å². The van der Waals surface area contributed by atoms with Crippen LogP contribution in [0, 0.1) is 5.92 Å². The molecule has 106 valence electrons. The molecule has 1 aromatic rings. The molecule has 4 nitrogen and oxygen atoms in total. The summed E-state index contributed by atoms with van der Waals surface area (Å²) >= 11 is 6.28. The predicted molar refractivity (Wildman–Crippen MR) is 75.3 cm³/mol. The van der Waals surface area contributed by atoms with E-state index in [0.717, 1.165) is 37.4 Å². The van der Waals surface area contributed by atoms with E-state index in [1.165, 1.54) is 0 Å². The van der Waals surface area contributed by atoms with E-state index in [1.54, 1.807) is 6.07 Å². The molecule has 2 aliphatic rings. The van der Waals surface area contributed by atoms with Gasteiger partial charge in [0.05, 0.1) is 0 Å². The van der Waals surface area contributed by atoms with Gasteiger partial charge in [0.1, 0.15) is 0 Å². The van der Waals surface area contributed by atoms with Crippen molar-refractivity contribution in [3.05, 3.63) is 22.7 Å². The lowest BCUT2D eigenvalue weighted by atomic mass is 9.87. The molecular weight excluding hydrogens is 289 g/mol. The Morgan fingerprint density at radius 2 is 1.79 bits per heavy atom. The summed E-state index contributed by atoms with van der Waals surface area (Å²) in [7, 11) is 0. The Labute approximate surface area is 123 Å². The first-order chi connectivity index (χ1) is 8.75. The maximum absolute atomic E-state index is 6.33. The SMILES string of the molecule is Cl.N[C@@H](c1cc2c(cc1Cl)OCO2)C1CCOCC1. The first-order valence-electron chi connectivity index (χ1n) is 6.18. The van der Waals surface area contributed by atoms with Crippen molar-refractivity contribution < 1.29 is 14.2 Å². The second-order valence-corrected chi connectivity index (χ2v) is 5.11. The standard InChI is InChI=1S/C13H16ClNO3.ClH/c14-10-6-12-11(17-7-18-12)5-9(10)13(15)8-1-3-16-4-2-8;/h5-6,8,13H,1-4,7,15H2;1H/t13-;/m1./s1. The van der Waals surface area contributed by atoms with Crippen molar-refractivity contribution in [3.8, 4) is 11.5 Å². The van der Waals surface area contributed by atoms with Crippen LogP contribution in [0.1, 0.15) is 24.4 Å². The maximum Gasteiger partial charge on any atom is 0.231 e. The first-order valence-corrected chi connectivity index (χ1v) is 6.56. The largest absolute Gasteiger partial charge is 0.454 e. The molecule has 0 spiro atoms. The molecule has 1 fully saturated rings. The number of rotatable bonds is 2. The van der Waals surface area contributed by atoms with Crippen molar-refractivity contribution in [3.63, 3.8) is 0 Å². The van der Waals surface area contributed by atoms with Gasteiger partial charge in [-0.1, -0.05) is 11.6 Å².